The number of aliphatic hydroxyl groups is 18. The molecule has 28 atom stereocenters. The molecule has 0 bridgehead atoms. The van der Waals surface area contributed by atoms with Crippen molar-refractivity contribution < 1.29 is 144 Å². The van der Waals surface area contributed by atoms with Crippen LogP contribution in [0, 0.1) is 0 Å². The first-order valence-corrected chi connectivity index (χ1v) is 20.0. The minimum atomic E-state index is -2.19. The van der Waals surface area contributed by atoms with Crippen molar-refractivity contribution in [3.8, 4) is 0 Å². The number of aliphatic hydroxyl groups excluding tert-OH is 18. The van der Waals surface area contributed by atoms with E-state index in [0.717, 1.165) is 0 Å². The summed E-state index contributed by atoms with van der Waals surface area (Å²) in [5.74, 6) is 0. The Morgan fingerprint density at radius 1 is 0.270 bits per heavy atom. The molecule has 6 aliphatic rings. The zero-order valence-corrected chi connectivity index (χ0v) is 32.9. The second-order valence-electron chi connectivity index (χ2n) is 15.9. The smallest absolute Gasteiger partial charge is 0.187 e. The fourth-order valence-electron chi connectivity index (χ4n) is 7.89. The maximum Gasteiger partial charge on any atom is 0.187 e. The molecular formula is C34H58O29. The lowest BCUT2D eigenvalue weighted by Gasteiger charge is -2.49. The van der Waals surface area contributed by atoms with Crippen molar-refractivity contribution in [3.63, 3.8) is 0 Å². The van der Waals surface area contributed by atoms with Crippen LogP contribution < -0.4 is 0 Å². The van der Waals surface area contributed by atoms with Crippen molar-refractivity contribution in [2.45, 2.75) is 172 Å². The van der Waals surface area contributed by atoms with Gasteiger partial charge < -0.3 is 144 Å². The maximum atomic E-state index is 11.5. The molecule has 368 valence electrons. The van der Waals surface area contributed by atoms with E-state index < -0.39 is 212 Å². The van der Waals surface area contributed by atoms with E-state index in [1.165, 1.54) is 0 Å². The third-order valence-corrected chi connectivity index (χ3v) is 11.7. The largest absolute Gasteiger partial charge is 0.394 e. The Balaban J connectivity index is 1.15. The van der Waals surface area contributed by atoms with Gasteiger partial charge in [-0.3, -0.25) is 0 Å². The predicted octanol–water partition coefficient (Wildman–Crippen LogP) is -12.8. The van der Waals surface area contributed by atoms with E-state index >= 15 is 0 Å². The van der Waals surface area contributed by atoms with Crippen molar-refractivity contribution >= 4 is 0 Å². The fraction of sp³-hybridized carbons (Fsp3) is 1.00. The summed E-state index contributed by atoms with van der Waals surface area (Å²) in [4.78, 5) is 0. The molecule has 6 saturated heterocycles. The first-order valence-electron chi connectivity index (χ1n) is 20.0. The van der Waals surface area contributed by atoms with Gasteiger partial charge in [0.25, 0.3) is 0 Å². The van der Waals surface area contributed by atoms with Gasteiger partial charge in [-0.1, -0.05) is 0 Å². The van der Waals surface area contributed by atoms with Gasteiger partial charge in [-0.05, 0) is 0 Å². The van der Waals surface area contributed by atoms with Gasteiger partial charge >= 0.3 is 0 Å². The van der Waals surface area contributed by atoms with Crippen LogP contribution in [0.15, 0.2) is 0 Å². The van der Waals surface area contributed by atoms with E-state index in [2.05, 4.69) is 0 Å². The third-order valence-electron chi connectivity index (χ3n) is 11.7. The molecule has 6 aliphatic heterocycles. The maximum absolute atomic E-state index is 11.5. The summed E-state index contributed by atoms with van der Waals surface area (Å²) in [7, 11) is 0. The van der Waals surface area contributed by atoms with Gasteiger partial charge in [0.2, 0.25) is 0 Å². The van der Waals surface area contributed by atoms with Crippen LogP contribution in [0.4, 0.5) is 0 Å². The summed E-state index contributed by atoms with van der Waals surface area (Å²) in [5.41, 5.74) is 0. The molecule has 29 nitrogen and oxygen atoms in total. The van der Waals surface area contributed by atoms with E-state index in [0.29, 0.717) is 0 Å². The predicted molar refractivity (Wildman–Crippen MR) is 187 cm³/mol. The van der Waals surface area contributed by atoms with Crippen molar-refractivity contribution in [3.05, 3.63) is 0 Å². The highest BCUT2D eigenvalue weighted by Crippen LogP contribution is 2.35. The Morgan fingerprint density at radius 2 is 0.603 bits per heavy atom. The first-order chi connectivity index (χ1) is 29.9. The Labute approximate surface area is 355 Å². The monoisotopic (exact) mass is 930 g/mol. The molecule has 6 fully saturated rings. The summed E-state index contributed by atoms with van der Waals surface area (Å²) < 4.78 is 60.3. The summed E-state index contributed by atoms with van der Waals surface area (Å²) in [6.45, 7) is -4.76. The van der Waals surface area contributed by atoms with E-state index in [-0.39, 0.29) is 0 Å². The van der Waals surface area contributed by atoms with Crippen LogP contribution in [0.2, 0.25) is 0 Å². The van der Waals surface area contributed by atoms with Crippen molar-refractivity contribution in [1.29, 1.82) is 0 Å². The van der Waals surface area contributed by atoms with Crippen LogP contribution >= 0.6 is 0 Å². The fourth-order valence-corrected chi connectivity index (χ4v) is 7.89. The highest BCUT2D eigenvalue weighted by atomic mass is 16.8. The van der Waals surface area contributed by atoms with E-state index in [1.54, 1.807) is 0 Å². The zero-order valence-electron chi connectivity index (χ0n) is 32.9. The van der Waals surface area contributed by atoms with Gasteiger partial charge in [-0.2, -0.15) is 0 Å². The lowest BCUT2D eigenvalue weighted by molar-refractivity contribution is -0.390. The molecule has 0 aromatic carbocycles. The van der Waals surface area contributed by atoms with Crippen molar-refractivity contribution in [2.75, 3.05) is 39.6 Å². The number of hydrogen-bond acceptors (Lipinski definition) is 29. The van der Waals surface area contributed by atoms with Crippen LogP contribution in [0.25, 0.3) is 0 Å². The van der Waals surface area contributed by atoms with Gasteiger partial charge in [0.1, 0.15) is 134 Å². The van der Waals surface area contributed by atoms with Gasteiger partial charge in [0, 0.05) is 0 Å². The summed E-state index contributed by atoms with van der Waals surface area (Å²) in [6, 6.07) is 0. The molecule has 0 amide bonds. The molecule has 6 rings (SSSR count). The molecule has 63 heavy (non-hydrogen) atoms. The first kappa shape index (κ1) is 51.2. The van der Waals surface area contributed by atoms with Gasteiger partial charge in [-0.25, -0.2) is 0 Å². The Morgan fingerprint density at radius 3 is 1.08 bits per heavy atom. The third kappa shape index (κ3) is 10.6. The van der Waals surface area contributed by atoms with Crippen LogP contribution in [0.1, 0.15) is 0 Å². The highest BCUT2D eigenvalue weighted by molar-refractivity contribution is 4.99. The molecule has 0 aromatic rings. The topological polar surface area (TPSA) is 466 Å². The molecule has 0 saturated carbocycles. The normalized spacial score (nSPS) is 53.2. The Bertz CT molecular complexity index is 1400. The Kier molecular flexibility index (Phi) is 17.8. The van der Waals surface area contributed by atoms with E-state index in [9.17, 15) is 91.9 Å². The molecule has 18 N–H and O–H groups in total. The average Bonchev–Trinajstić information content (AvgIpc) is 3.71. The molecule has 29 heteroatoms. The average molecular weight is 931 g/mol. The summed E-state index contributed by atoms with van der Waals surface area (Å²) in [5, 5.41) is 188. The second kappa shape index (κ2) is 21.9. The lowest BCUT2D eigenvalue weighted by atomic mass is 9.95. The molecule has 0 unspecified atom stereocenters. The minimum absolute atomic E-state index is 0.672. The van der Waals surface area contributed by atoms with Gasteiger partial charge in [-0.15, -0.1) is 0 Å². The molecule has 0 spiro atoms. The SMILES string of the molecule is OC[C@@H]1O[C@@H](OC[C@H]2O[C@H](O)[C@H](O)[C@@H](O[C@@H]3O[C@H](CO)[C@H](O[C@H]4O[C@H](CO[C@@H]5O[C@@H](CO)[C@H](O)[C@H]5O)[C@H](O)[C@H](O[C@@H]5O[C@H](CO)[C@H](O)[C@H](O)[C@H]5O)[C@H]4O)[C@H](O)[C@H]3O)[C@H]2O)[C@H](O)[C@H]1O. The molecule has 0 aromatic heterocycles. The number of ether oxygens (including phenoxy) is 11. The van der Waals surface area contributed by atoms with Crippen LogP contribution in [-0.4, -0.2) is 304 Å². The van der Waals surface area contributed by atoms with E-state index in [4.69, 9.17) is 52.1 Å². The van der Waals surface area contributed by atoms with E-state index in [1.807, 2.05) is 0 Å². The summed E-state index contributed by atoms with van der Waals surface area (Å²) in [6.07, 6.45) is -50.7. The quantitative estimate of drug-likeness (QED) is 0.0683. The molecule has 0 aliphatic carbocycles. The standard InChI is InChI=1S/C34H58O29/c35-1-7-13(39)18(44)22(48)32(58-7)63-28-17(43)12(6-54-31-21(47)15(41)9(3-37)57-31)60-34(25(28)51)61-26-10(4-38)59-33(23(49)19(26)45)62-27-16(42)11(55-29(52)24(27)50)5-53-30-20(46)14(40)8(2-36)56-30/h7-52H,1-6H2/t7-,8+,9+,10-,11-,12-,13+,14+,15+,16+,17+,18+,19-,20-,21-,22-,23-,24-,25-,26+,27+,28+,29+,30-,31-,32+,33+,34-/m1/s1. The summed E-state index contributed by atoms with van der Waals surface area (Å²) >= 11 is 0. The van der Waals surface area contributed by atoms with Crippen LogP contribution in [0.3, 0.4) is 0 Å². The van der Waals surface area contributed by atoms with Gasteiger partial charge in [0.05, 0.1) is 39.6 Å². The van der Waals surface area contributed by atoms with Crippen LogP contribution in [-0.2, 0) is 52.1 Å². The lowest BCUT2D eigenvalue weighted by Crippen LogP contribution is -2.67. The Hall–Kier alpha value is -1.16. The number of hydrogen-bond donors (Lipinski definition) is 18. The molecular weight excluding hydrogens is 872 g/mol. The number of rotatable bonds is 16. The molecule has 0 radical (unpaired) electrons. The van der Waals surface area contributed by atoms with Crippen molar-refractivity contribution in [2.24, 2.45) is 0 Å². The highest BCUT2D eigenvalue weighted by Gasteiger charge is 2.56. The zero-order chi connectivity index (χ0) is 46.2. The van der Waals surface area contributed by atoms with Crippen LogP contribution in [0.5, 0.6) is 0 Å². The second-order valence-corrected chi connectivity index (χ2v) is 15.9. The van der Waals surface area contributed by atoms with Gasteiger partial charge in [0.15, 0.2) is 37.7 Å². The van der Waals surface area contributed by atoms with Crippen molar-refractivity contribution in [1.82, 2.24) is 0 Å². The molecule has 6 heterocycles. The minimum Gasteiger partial charge on any atom is -0.394 e.